The van der Waals surface area contributed by atoms with Crippen molar-refractivity contribution in [2.45, 2.75) is 45.4 Å². The van der Waals surface area contributed by atoms with Crippen LogP contribution < -0.4 is 0 Å². The van der Waals surface area contributed by atoms with Crippen LogP contribution in [0.2, 0.25) is 0 Å². The van der Waals surface area contributed by atoms with Gasteiger partial charge in [0.15, 0.2) is 0 Å². The summed E-state index contributed by atoms with van der Waals surface area (Å²) in [5, 5.41) is 0. The molecule has 0 unspecified atom stereocenters. The zero-order valence-electron chi connectivity index (χ0n) is 6.32. The molecule has 52 valence electrons. The molecule has 0 amide bonds. The molecule has 0 radical (unpaired) electrons. The van der Waals surface area contributed by atoms with E-state index in [9.17, 15) is 0 Å². The summed E-state index contributed by atoms with van der Waals surface area (Å²) in [5.74, 6) is 1.06. The molecular formula is C9H16. The van der Waals surface area contributed by atoms with Crippen molar-refractivity contribution in [3.05, 3.63) is 0 Å². The van der Waals surface area contributed by atoms with Crippen LogP contribution in [0.5, 0.6) is 0 Å². The maximum absolute atomic E-state index is 2.45. The molecule has 2 rings (SSSR count). The Labute approximate surface area is 57.6 Å². The first-order chi connectivity index (χ1) is 4.33. The molecule has 0 N–H and O–H groups in total. The van der Waals surface area contributed by atoms with E-state index in [2.05, 4.69) is 6.92 Å². The molecule has 2 saturated carbocycles. The van der Waals surface area contributed by atoms with Crippen LogP contribution in [0.4, 0.5) is 0 Å². The van der Waals surface area contributed by atoms with E-state index in [-0.39, 0.29) is 0 Å². The monoisotopic (exact) mass is 124 g/mol. The predicted molar refractivity (Wildman–Crippen MR) is 39.3 cm³/mol. The maximum Gasteiger partial charge on any atom is -0.0271 e. The third kappa shape index (κ3) is 0.798. The van der Waals surface area contributed by atoms with E-state index in [1.54, 1.807) is 19.3 Å². The zero-order chi connectivity index (χ0) is 6.32. The van der Waals surface area contributed by atoms with Gasteiger partial charge >= 0.3 is 0 Å². The lowest BCUT2D eigenvalue weighted by Crippen LogP contribution is -2.17. The van der Waals surface area contributed by atoms with Gasteiger partial charge in [-0.1, -0.05) is 26.2 Å². The van der Waals surface area contributed by atoms with E-state index >= 15 is 0 Å². The zero-order valence-corrected chi connectivity index (χ0v) is 6.32. The highest BCUT2D eigenvalue weighted by atomic mass is 14.5. The highest BCUT2D eigenvalue weighted by Crippen LogP contribution is 2.59. The van der Waals surface area contributed by atoms with E-state index in [4.69, 9.17) is 0 Å². The van der Waals surface area contributed by atoms with Crippen molar-refractivity contribution in [3.8, 4) is 0 Å². The van der Waals surface area contributed by atoms with Gasteiger partial charge in [-0.2, -0.15) is 0 Å². The van der Waals surface area contributed by atoms with Crippen molar-refractivity contribution in [2.24, 2.45) is 11.3 Å². The fraction of sp³-hybridized carbons (Fsp3) is 1.00. The van der Waals surface area contributed by atoms with Crippen LogP contribution in [0.3, 0.4) is 0 Å². The van der Waals surface area contributed by atoms with Crippen LogP contribution in [-0.2, 0) is 0 Å². The summed E-state index contributed by atoms with van der Waals surface area (Å²) in [6.07, 6.45) is 9.18. The molecule has 9 heavy (non-hydrogen) atoms. The molecule has 1 spiro atoms. The lowest BCUT2D eigenvalue weighted by atomic mass is 9.78. The molecule has 0 aromatic rings. The van der Waals surface area contributed by atoms with Crippen molar-refractivity contribution in [3.63, 3.8) is 0 Å². The van der Waals surface area contributed by atoms with Gasteiger partial charge < -0.3 is 0 Å². The molecule has 0 heteroatoms. The Morgan fingerprint density at radius 1 is 1.11 bits per heavy atom. The van der Waals surface area contributed by atoms with Gasteiger partial charge in [0, 0.05) is 0 Å². The van der Waals surface area contributed by atoms with Gasteiger partial charge in [0.25, 0.3) is 0 Å². The van der Waals surface area contributed by atoms with E-state index in [0.717, 1.165) is 11.3 Å². The van der Waals surface area contributed by atoms with E-state index in [1.165, 1.54) is 19.3 Å². The molecule has 0 nitrogen and oxygen atoms in total. The van der Waals surface area contributed by atoms with Gasteiger partial charge in [0.1, 0.15) is 0 Å². The summed E-state index contributed by atoms with van der Waals surface area (Å²) in [4.78, 5) is 0. The molecule has 2 aliphatic carbocycles. The second-order valence-electron chi connectivity index (χ2n) is 4.01. The Morgan fingerprint density at radius 3 is 2.33 bits per heavy atom. The summed E-state index contributed by atoms with van der Waals surface area (Å²) in [5.41, 5.74) is 0.887. The normalized spacial score (nSPS) is 39.0. The third-order valence-electron chi connectivity index (χ3n) is 3.50. The summed E-state index contributed by atoms with van der Waals surface area (Å²) in [6.45, 7) is 2.45. The van der Waals surface area contributed by atoms with Crippen LogP contribution in [0.15, 0.2) is 0 Å². The number of hydrogen-bond acceptors (Lipinski definition) is 0. The summed E-state index contributed by atoms with van der Waals surface area (Å²) in [6, 6.07) is 0. The quantitative estimate of drug-likeness (QED) is 0.465. The van der Waals surface area contributed by atoms with E-state index < -0.39 is 0 Å². The molecule has 0 aromatic carbocycles. The lowest BCUT2D eigenvalue weighted by molar-refractivity contribution is 0.232. The van der Waals surface area contributed by atoms with Crippen LogP contribution in [-0.4, -0.2) is 0 Å². The van der Waals surface area contributed by atoms with Crippen LogP contribution in [0.1, 0.15) is 45.4 Å². The first-order valence-electron chi connectivity index (χ1n) is 4.33. The van der Waals surface area contributed by atoms with E-state index in [1.807, 2.05) is 0 Å². The SMILES string of the molecule is C[C@H]1CCCCC12CC2. The van der Waals surface area contributed by atoms with Gasteiger partial charge in [0.05, 0.1) is 0 Å². The van der Waals surface area contributed by atoms with Gasteiger partial charge in [-0.05, 0) is 30.6 Å². The highest BCUT2D eigenvalue weighted by Gasteiger charge is 2.47. The Bertz CT molecular complexity index is 111. The highest BCUT2D eigenvalue weighted by molar-refractivity contribution is 4.98. The van der Waals surface area contributed by atoms with Crippen molar-refractivity contribution in [1.29, 1.82) is 0 Å². The lowest BCUT2D eigenvalue weighted by Gasteiger charge is -2.28. The Kier molecular flexibility index (Phi) is 1.12. The van der Waals surface area contributed by atoms with Crippen molar-refractivity contribution in [1.82, 2.24) is 0 Å². The largest absolute Gasteiger partial charge is 0.0620 e. The summed E-state index contributed by atoms with van der Waals surface area (Å²) >= 11 is 0. The summed E-state index contributed by atoms with van der Waals surface area (Å²) < 4.78 is 0. The molecule has 1 atom stereocenters. The van der Waals surface area contributed by atoms with Crippen LogP contribution in [0.25, 0.3) is 0 Å². The smallest absolute Gasteiger partial charge is 0.0271 e. The molecule has 0 aromatic heterocycles. The van der Waals surface area contributed by atoms with Crippen molar-refractivity contribution >= 4 is 0 Å². The molecular weight excluding hydrogens is 108 g/mol. The van der Waals surface area contributed by atoms with Gasteiger partial charge in [-0.25, -0.2) is 0 Å². The second kappa shape index (κ2) is 1.74. The fourth-order valence-electron chi connectivity index (χ4n) is 2.38. The van der Waals surface area contributed by atoms with E-state index in [0.29, 0.717) is 0 Å². The molecule has 2 aliphatic rings. The minimum absolute atomic E-state index is 0.887. The topological polar surface area (TPSA) is 0 Å². The first kappa shape index (κ1) is 5.76. The van der Waals surface area contributed by atoms with Crippen LogP contribution >= 0.6 is 0 Å². The molecule has 2 fully saturated rings. The third-order valence-corrected chi connectivity index (χ3v) is 3.50. The van der Waals surface area contributed by atoms with Gasteiger partial charge in [-0.3, -0.25) is 0 Å². The minimum atomic E-state index is 0.887. The van der Waals surface area contributed by atoms with Gasteiger partial charge in [-0.15, -0.1) is 0 Å². The van der Waals surface area contributed by atoms with Crippen molar-refractivity contribution in [2.75, 3.05) is 0 Å². The fourth-order valence-corrected chi connectivity index (χ4v) is 2.38. The average Bonchev–Trinajstić information content (AvgIpc) is 2.60. The van der Waals surface area contributed by atoms with Crippen molar-refractivity contribution < 1.29 is 0 Å². The minimum Gasteiger partial charge on any atom is -0.0620 e. The maximum atomic E-state index is 2.45. The number of hydrogen-bond donors (Lipinski definition) is 0. The second-order valence-corrected chi connectivity index (χ2v) is 4.01. The Morgan fingerprint density at radius 2 is 1.89 bits per heavy atom. The Hall–Kier alpha value is 0. The molecule has 0 saturated heterocycles. The first-order valence-corrected chi connectivity index (χ1v) is 4.33. The predicted octanol–water partition coefficient (Wildman–Crippen LogP) is 2.98. The average molecular weight is 124 g/mol. The molecule has 0 heterocycles. The molecule has 0 bridgehead atoms. The standard InChI is InChI=1S/C9H16/c1-8-4-2-3-5-9(8)6-7-9/h8H,2-7H2,1H3/t8-/m0/s1. The van der Waals surface area contributed by atoms with Gasteiger partial charge in [0.2, 0.25) is 0 Å². The summed E-state index contributed by atoms with van der Waals surface area (Å²) in [7, 11) is 0. The van der Waals surface area contributed by atoms with Crippen LogP contribution in [0, 0.1) is 11.3 Å². The Balaban J connectivity index is 2.03. The molecule has 0 aliphatic heterocycles. The number of rotatable bonds is 0.